The standard InChI is InChI=1S/C20H39N3O3/c1-3-21-19(22-15-10-5-4-7-11-18(25)26-2)23-17-20(14-16-24)12-8-6-9-13-20/h24H,3-17H2,1-2H3,(H2,21,22,23). The lowest BCUT2D eigenvalue weighted by Gasteiger charge is -2.35. The number of hydrogen-bond donors (Lipinski definition) is 3. The maximum atomic E-state index is 11.1. The van der Waals surface area contributed by atoms with Crippen molar-refractivity contribution in [1.82, 2.24) is 10.6 Å². The zero-order chi connectivity index (χ0) is 19.1. The number of carbonyl (C=O) groups is 1. The van der Waals surface area contributed by atoms with Crippen molar-refractivity contribution in [2.45, 2.75) is 77.6 Å². The van der Waals surface area contributed by atoms with Crippen LogP contribution in [-0.4, -0.2) is 50.4 Å². The van der Waals surface area contributed by atoms with Gasteiger partial charge in [-0.15, -0.1) is 0 Å². The molecule has 0 unspecified atom stereocenters. The van der Waals surface area contributed by atoms with Crippen LogP contribution in [0.4, 0.5) is 0 Å². The van der Waals surface area contributed by atoms with Gasteiger partial charge in [0.2, 0.25) is 0 Å². The van der Waals surface area contributed by atoms with Gasteiger partial charge in [-0.3, -0.25) is 9.79 Å². The molecule has 0 aromatic rings. The van der Waals surface area contributed by atoms with Crippen molar-refractivity contribution in [3.63, 3.8) is 0 Å². The zero-order valence-electron chi connectivity index (χ0n) is 16.8. The first-order valence-electron chi connectivity index (χ1n) is 10.4. The van der Waals surface area contributed by atoms with E-state index >= 15 is 0 Å². The van der Waals surface area contributed by atoms with Crippen molar-refractivity contribution in [3.8, 4) is 0 Å². The number of nitrogens with zero attached hydrogens (tertiary/aromatic N) is 1. The van der Waals surface area contributed by atoms with Crippen LogP contribution in [-0.2, 0) is 9.53 Å². The van der Waals surface area contributed by atoms with Crippen molar-refractivity contribution >= 4 is 11.9 Å². The van der Waals surface area contributed by atoms with Crippen LogP contribution in [0.5, 0.6) is 0 Å². The molecule has 1 fully saturated rings. The highest BCUT2D eigenvalue weighted by Gasteiger charge is 2.31. The fourth-order valence-electron chi connectivity index (χ4n) is 3.67. The number of aliphatic hydroxyl groups is 1. The summed E-state index contributed by atoms with van der Waals surface area (Å²) in [5.41, 5.74) is 0.184. The number of hydrogen-bond acceptors (Lipinski definition) is 4. The van der Waals surface area contributed by atoms with E-state index in [1.165, 1.54) is 39.2 Å². The highest BCUT2D eigenvalue weighted by Crippen LogP contribution is 2.39. The number of aliphatic imine (C=N–C) groups is 1. The number of guanidine groups is 1. The normalized spacial score (nSPS) is 17.0. The van der Waals surface area contributed by atoms with Gasteiger partial charge >= 0.3 is 5.97 Å². The van der Waals surface area contributed by atoms with Crippen LogP contribution in [0.2, 0.25) is 0 Å². The molecule has 0 aliphatic heterocycles. The number of unbranched alkanes of at least 4 members (excludes halogenated alkanes) is 3. The number of carbonyl (C=O) groups excluding carboxylic acids is 1. The molecule has 26 heavy (non-hydrogen) atoms. The van der Waals surface area contributed by atoms with Crippen LogP contribution in [0.15, 0.2) is 4.99 Å². The van der Waals surface area contributed by atoms with E-state index in [0.29, 0.717) is 6.42 Å². The summed E-state index contributed by atoms with van der Waals surface area (Å²) in [6.45, 7) is 4.86. The Morgan fingerprint density at radius 1 is 1.12 bits per heavy atom. The topological polar surface area (TPSA) is 83.0 Å². The van der Waals surface area contributed by atoms with E-state index in [4.69, 9.17) is 4.99 Å². The van der Waals surface area contributed by atoms with Crippen molar-refractivity contribution in [2.24, 2.45) is 10.4 Å². The van der Waals surface area contributed by atoms with Gasteiger partial charge in [-0.2, -0.15) is 0 Å². The van der Waals surface area contributed by atoms with Gasteiger partial charge in [0.15, 0.2) is 5.96 Å². The molecular weight excluding hydrogens is 330 g/mol. The Kier molecular flexibility index (Phi) is 12.1. The lowest BCUT2D eigenvalue weighted by atomic mass is 9.72. The van der Waals surface area contributed by atoms with Crippen molar-refractivity contribution in [1.29, 1.82) is 0 Å². The molecule has 0 saturated heterocycles. The van der Waals surface area contributed by atoms with Gasteiger partial charge < -0.3 is 20.5 Å². The monoisotopic (exact) mass is 369 g/mol. The average Bonchev–Trinajstić information content (AvgIpc) is 2.66. The molecule has 1 aliphatic carbocycles. The Morgan fingerprint density at radius 2 is 1.85 bits per heavy atom. The summed E-state index contributed by atoms with van der Waals surface area (Å²) in [6.07, 6.45) is 11.6. The second kappa shape index (κ2) is 13.8. The molecule has 0 spiro atoms. The molecule has 0 amide bonds. The summed E-state index contributed by atoms with van der Waals surface area (Å²) in [7, 11) is 1.44. The fraction of sp³-hybridized carbons (Fsp3) is 0.900. The maximum absolute atomic E-state index is 11.1. The molecule has 6 heteroatoms. The molecule has 0 aromatic heterocycles. The Hall–Kier alpha value is -1.30. The van der Waals surface area contributed by atoms with Crippen LogP contribution in [0.1, 0.15) is 77.6 Å². The SMILES string of the molecule is CCNC(=NCC1(CCO)CCCCC1)NCCCCCCC(=O)OC. The van der Waals surface area contributed by atoms with Gasteiger partial charge in [0.1, 0.15) is 0 Å². The highest BCUT2D eigenvalue weighted by molar-refractivity contribution is 5.79. The summed E-state index contributed by atoms with van der Waals surface area (Å²) >= 11 is 0. The van der Waals surface area contributed by atoms with Gasteiger partial charge in [0.05, 0.1) is 7.11 Å². The lowest BCUT2D eigenvalue weighted by Crippen LogP contribution is -2.39. The summed E-state index contributed by atoms with van der Waals surface area (Å²) in [4.78, 5) is 15.9. The van der Waals surface area contributed by atoms with Gasteiger partial charge in [-0.1, -0.05) is 32.1 Å². The molecule has 0 radical (unpaired) electrons. The quantitative estimate of drug-likeness (QED) is 0.213. The number of nitrogens with one attached hydrogen (secondary N) is 2. The van der Waals surface area contributed by atoms with E-state index in [-0.39, 0.29) is 18.0 Å². The van der Waals surface area contributed by atoms with Gasteiger partial charge in [-0.05, 0) is 44.4 Å². The first-order valence-corrected chi connectivity index (χ1v) is 10.4. The molecule has 0 atom stereocenters. The second-order valence-electron chi connectivity index (χ2n) is 7.40. The molecule has 1 rings (SSSR count). The van der Waals surface area contributed by atoms with E-state index in [0.717, 1.165) is 57.7 Å². The number of aliphatic hydroxyl groups excluding tert-OH is 1. The van der Waals surface area contributed by atoms with E-state index in [1.54, 1.807) is 0 Å². The van der Waals surface area contributed by atoms with Crippen LogP contribution in [0.3, 0.4) is 0 Å². The molecule has 0 heterocycles. The molecule has 0 bridgehead atoms. The molecular formula is C20H39N3O3. The largest absolute Gasteiger partial charge is 0.469 e. The van der Waals surface area contributed by atoms with Crippen molar-refractivity contribution in [3.05, 3.63) is 0 Å². The first-order chi connectivity index (χ1) is 12.7. The Morgan fingerprint density at radius 3 is 2.50 bits per heavy atom. The first kappa shape index (κ1) is 22.7. The van der Waals surface area contributed by atoms with Gasteiger partial charge in [0.25, 0.3) is 0 Å². The Bertz CT molecular complexity index is 402. The predicted molar refractivity (Wildman–Crippen MR) is 106 cm³/mol. The third kappa shape index (κ3) is 9.41. The van der Waals surface area contributed by atoms with E-state index < -0.39 is 0 Å². The fourth-order valence-corrected chi connectivity index (χ4v) is 3.67. The highest BCUT2D eigenvalue weighted by atomic mass is 16.5. The smallest absolute Gasteiger partial charge is 0.305 e. The molecule has 152 valence electrons. The maximum Gasteiger partial charge on any atom is 0.305 e. The molecule has 0 aromatic carbocycles. The Balaban J connectivity index is 2.32. The van der Waals surface area contributed by atoms with Gasteiger partial charge in [-0.25, -0.2) is 0 Å². The number of rotatable bonds is 12. The van der Waals surface area contributed by atoms with Crippen LogP contribution < -0.4 is 10.6 Å². The van der Waals surface area contributed by atoms with Gasteiger partial charge in [0, 0.05) is 32.7 Å². The summed E-state index contributed by atoms with van der Waals surface area (Å²) in [6, 6.07) is 0. The number of methoxy groups -OCH3 is 1. The summed E-state index contributed by atoms with van der Waals surface area (Å²) < 4.78 is 4.65. The van der Waals surface area contributed by atoms with E-state index in [1.807, 2.05) is 0 Å². The third-order valence-corrected chi connectivity index (χ3v) is 5.30. The lowest BCUT2D eigenvalue weighted by molar-refractivity contribution is -0.140. The minimum atomic E-state index is -0.121. The molecule has 1 aliphatic rings. The van der Waals surface area contributed by atoms with Crippen molar-refractivity contribution in [2.75, 3.05) is 33.4 Å². The summed E-state index contributed by atoms with van der Waals surface area (Å²) in [5, 5.41) is 16.2. The third-order valence-electron chi connectivity index (χ3n) is 5.30. The van der Waals surface area contributed by atoms with E-state index in [2.05, 4.69) is 22.3 Å². The van der Waals surface area contributed by atoms with E-state index in [9.17, 15) is 9.90 Å². The molecule has 1 saturated carbocycles. The minimum Gasteiger partial charge on any atom is -0.469 e. The summed E-state index contributed by atoms with van der Waals surface area (Å²) in [5.74, 6) is 0.758. The second-order valence-corrected chi connectivity index (χ2v) is 7.40. The Labute approximate surface area is 159 Å². The van der Waals surface area contributed by atoms with Crippen LogP contribution in [0.25, 0.3) is 0 Å². The zero-order valence-corrected chi connectivity index (χ0v) is 16.8. The molecule has 6 nitrogen and oxygen atoms in total. The minimum absolute atomic E-state index is 0.121. The van der Waals surface area contributed by atoms with Crippen LogP contribution >= 0.6 is 0 Å². The van der Waals surface area contributed by atoms with Crippen molar-refractivity contribution < 1.29 is 14.6 Å². The van der Waals surface area contributed by atoms with Crippen LogP contribution in [0, 0.1) is 5.41 Å². The number of esters is 1. The predicted octanol–water partition coefficient (Wildman–Crippen LogP) is 3.00. The number of ether oxygens (including phenoxy) is 1. The average molecular weight is 370 g/mol. The molecule has 3 N–H and O–H groups in total.